The molecule has 1 aromatic heterocycles. The third kappa shape index (κ3) is 2.54. The smallest absolute Gasteiger partial charge is 0.356 e. The van der Waals surface area contributed by atoms with Crippen LogP contribution in [0.25, 0.3) is 11.3 Å². The fourth-order valence-corrected chi connectivity index (χ4v) is 2.08. The Kier molecular flexibility index (Phi) is 3.33. The summed E-state index contributed by atoms with van der Waals surface area (Å²) in [6.07, 6.45) is 0. The van der Waals surface area contributed by atoms with Crippen molar-refractivity contribution in [1.29, 1.82) is 0 Å². The Bertz CT molecular complexity index is 672. The van der Waals surface area contributed by atoms with E-state index in [4.69, 9.17) is 5.11 Å². The lowest BCUT2D eigenvalue weighted by molar-refractivity contribution is 0.0180. The lowest BCUT2D eigenvalue weighted by atomic mass is 9.97. The Morgan fingerprint density at radius 3 is 2.50 bits per heavy atom. The molecule has 0 fully saturated rings. The van der Waals surface area contributed by atoms with E-state index in [0.29, 0.717) is 11.3 Å². The second-order valence-corrected chi connectivity index (χ2v) is 4.78. The molecule has 1 aromatic carbocycles. The first-order valence-corrected chi connectivity index (χ1v) is 5.97. The largest absolute Gasteiger partial charge is 0.476 e. The maximum Gasteiger partial charge on any atom is 0.356 e. The maximum absolute atomic E-state index is 13.7. The van der Waals surface area contributed by atoms with Crippen molar-refractivity contribution >= 4 is 5.97 Å². The van der Waals surface area contributed by atoms with Crippen molar-refractivity contribution in [3.05, 3.63) is 41.1 Å². The molecule has 0 aliphatic carbocycles. The van der Waals surface area contributed by atoms with E-state index in [0.717, 1.165) is 12.5 Å². The predicted molar refractivity (Wildman–Crippen MR) is 69.9 cm³/mol. The number of nitrogens with zero attached hydrogens (tertiary/aromatic N) is 2. The lowest BCUT2D eigenvalue weighted by Crippen LogP contribution is -2.10. The number of aromatic carboxylic acids is 1. The number of carboxylic acids is 1. The Hall–Kier alpha value is -2.24. The highest BCUT2D eigenvalue weighted by molar-refractivity contribution is 5.87. The van der Waals surface area contributed by atoms with Crippen LogP contribution in [-0.4, -0.2) is 20.9 Å². The third-order valence-electron chi connectivity index (χ3n) is 3.02. The van der Waals surface area contributed by atoms with Crippen molar-refractivity contribution in [3.8, 4) is 11.3 Å². The van der Waals surface area contributed by atoms with Gasteiger partial charge in [0.2, 0.25) is 0 Å². The van der Waals surface area contributed by atoms with E-state index < -0.39 is 11.9 Å². The number of halogens is 2. The molecule has 0 aliphatic heterocycles. The van der Waals surface area contributed by atoms with Gasteiger partial charge in [0.25, 0.3) is 5.92 Å². The first-order valence-electron chi connectivity index (χ1n) is 5.97. The summed E-state index contributed by atoms with van der Waals surface area (Å²) < 4.78 is 28.7. The van der Waals surface area contributed by atoms with Gasteiger partial charge in [0.05, 0.1) is 5.69 Å². The summed E-state index contributed by atoms with van der Waals surface area (Å²) in [6, 6.07) is 5.87. The highest BCUT2D eigenvalue weighted by Crippen LogP contribution is 2.36. The van der Waals surface area contributed by atoms with Gasteiger partial charge in [-0.05, 0) is 19.1 Å². The van der Waals surface area contributed by atoms with Crippen LogP contribution in [0.1, 0.15) is 28.5 Å². The fourth-order valence-electron chi connectivity index (χ4n) is 2.08. The highest BCUT2D eigenvalue weighted by atomic mass is 19.3. The molecule has 0 bridgehead atoms. The van der Waals surface area contributed by atoms with Gasteiger partial charge in [-0.3, -0.25) is 4.68 Å². The van der Waals surface area contributed by atoms with E-state index in [1.165, 1.54) is 23.9 Å². The normalized spacial score (nSPS) is 11.7. The number of aryl methyl sites for hydroxylation is 2. The van der Waals surface area contributed by atoms with E-state index in [-0.39, 0.29) is 11.3 Å². The summed E-state index contributed by atoms with van der Waals surface area (Å²) in [4.78, 5) is 10.9. The Balaban J connectivity index is 2.68. The number of rotatable bonds is 3. The van der Waals surface area contributed by atoms with Crippen LogP contribution in [0.2, 0.25) is 0 Å². The zero-order valence-electron chi connectivity index (χ0n) is 11.3. The summed E-state index contributed by atoms with van der Waals surface area (Å²) in [6.45, 7) is 2.60. The monoisotopic (exact) mass is 280 g/mol. The molecule has 0 radical (unpaired) electrons. The second kappa shape index (κ2) is 4.70. The maximum atomic E-state index is 13.7. The Labute approximate surface area is 114 Å². The molecule has 1 N–H and O–H groups in total. The van der Waals surface area contributed by atoms with Crippen LogP contribution in [-0.2, 0) is 13.0 Å². The molecule has 2 rings (SSSR count). The van der Waals surface area contributed by atoms with Gasteiger partial charge in [-0.1, -0.05) is 17.7 Å². The van der Waals surface area contributed by atoms with Crippen molar-refractivity contribution in [1.82, 2.24) is 9.78 Å². The van der Waals surface area contributed by atoms with Gasteiger partial charge in [0.15, 0.2) is 5.69 Å². The van der Waals surface area contributed by atoms with Crippen LogP contribution in [0.5, 0.6) is 0 Å². The van der Waals surface area contributed by atoms with Crippen molar-refractivity contribution in [2.24, 2.45) is 7.05 Å². The molecule has 106 valence electrons. The van der Waals surface area contributed by atoms with E-state index >= 15 is 0 Å². The predicted octanol–water partition coefficient (Wildman–Crippen LogP) is 3.21. The van der Waals surface area contributed by atoms with Crippen LogP contribution in [0, 0.1) is 6.92 Å². The number of hydrogen-bond donors (Lipinski definition) is 1. The molecular weight excluding hydrogens is 266 g/mol. The van der Waals surface area contributed by atoms with Gasteiger partial charge in [-0.15, -0.1) is 0 Å². The fraction of sp³-hybridized carbons (Fsp3) is 0.286. The van der Waals surface area contributed by atoms with Gasteiger partial charge >= 0.3 is 5.97 Å². The summed E-state index contributed by atoms with van der Waals surface area (Å²) in [5.74, 6) is -4.21. The third-order valence-corrected chi connectivity index (χ3v) is 3.02. The molecular formula is C14H14F2N2O2. The van der Waals surface area contributed by atoms with Crippen molar-refractivity contribution in [2.75, 3.05) is 0 Å². The van der Waals surface area contributed by atoms with Gasteiger partial charge in [0, 0.05) is 25.1 Å². The second-order valence-electron chi connectivity index (χ2n) is 4.78. The van der Waals surface area contributed by atoms with Crippen molar-refractivity contribution < 1.29 is 18.7 Å². The molecule has 1 heterocycles. The highest BCUT2D eigenvalue weighted by Gasteiger charge is 2.29. The van der Waals surface area contributed by atoms with Crippen LogP contribution in [0.3, 0.4) is 0 Å². The minimum Gasteiger partial charge on any atom is -0.476 e. The molecule has 0 saturated heterocycles. The van der Waals surface area contributed by atoms with Crippen LogP contribution >= 0.6 is 0 Å². The van der Waals surface area contributed by atoms with E-state index in [1.54, 1.807) is 19.1 Å². The van der Waals surface area contributed by atoms with Crippen molar-refractivity contribution in [3.63, 3.8) is 0 Å². The molecule has 0 atom stereocenters. The number of benzene rings is 1. The number of hydrogen-bond acceptors (Lipinski definition) is 2. The van der Waals surface area contributed by atoms with Crippen LogP contribution in [0.15, 0.2) is 24.3 Å². The van der Waals surface area contributed by atoms with Gasteiger partial charge in [0.1, 0.15) is 0 Å². The quantitative estimate of drug-likeness (QED) is 0.939. The Morgan fingerprint density at radius 2 is 2.00 bits per heavy atom. The Morgan fingerprint density at radius 1 is 1.35 bits per heavy atom. The molecule has 4 nitrogen and oxygen atoms in total. The van der Waals surface area contributed by atoms with Gasteiger partial charge < -0.3 is 5.11 Å². The first-order chi connectivity index (χ1) is 9.20. The molecule has 2 aromatic rings. The molecule has 20 heavy (non-hydrogen) atoms. The van der Waals surface area contributed by atoms with Crippen LogP contribution < -0.4 is 0 Å². The van der Waals surface area contributed by atoms with Crippen molar-refractivity contribution in [2.45, 2.75) is 19.8 Å². The van der Waals surface area contributed by atoms with Gasteiger partial charge in [-0.25, -0.2) is 13.6 Å². The van der Waals surface area contributed by atoms with E-state index in [9.17, 15) is 13.6 Å². The summed E-state index contributed by atoms with van der Waals surface area (Å²) in [5.41, 5.74) is 1.13. The molecule has 0 amide bonds. The van der Waals surface area contributed by atoms with Crippen LogP contribution in [0.4, 0.5) is 8.78 Å². The molecule has 0 unspecified atom stereocenters. The van der Waals surface area contributed by atoms with E-state index in [1.807, 2.05) is 0 Å². The average Bonchev–Trinajstić information content (AvgIpc) is 2.69. The number of carbonyl (C=O) groups is 1. The lowest BCUT2D eigenvalue weighted by Gasteiger charge is -2.16. The SMILES string of the molecule is Cc1ccc(C(C)(F)F)c(-c2cc(C(=O)O)nn2C)c1. The minimum atomic E-state index is -3.02. The molecule has 6 heteroatoms. The summed E-state index contributed by atoms with van der Waals surface area (Å²) in [7, 11) is 1.53. The minimum absolute atomic E-state index is 0.150. The number of alkyl halides is 2. The zero-order chi connectivity index (χ0) is 15.1. The summed E-state index contributed by atoms with van der Waals surface area (Å²) in [5, 5.41) is 12.7. The zero-order valence-corrected chi connectivity index (χ0v) is 11.3. The topological polar surface area (TPSA) is 55.1 Å². The van der Waals surface area contributed by atoms with E-state index in [2.05, 4.69) is 5.10 Å². The first kappa shape index (κ1) is 14.2. The number of carboxylic acid groups (broad SMARTS) is 1. The average molecular weight is 280 g/mol. The molecule has 0 saturated carbocycles. The molecule has 0 spiro atoms. The standard InChI is InChI=1S/C14H14F2N2O2/c1-8-4-5-10(14(2,15)16)9(6-8)12-7-11(13(19)20)17-18(12)3/h4-7H,1-3H3,(H,19,20). The summed E-state index contributed by atoms with van der Waals surface area (Å²) >= 11 is 0. The molecule has 0 aliphatic rings. The van der Waals surface area contributed by atoms with Gasteiger partial charge in [-0.2, -0.15) is 5.10 Å². The number of aromatic nitrogens is 2.